The number of hydrogen-bond acceptors (Lipinski definition) is 7. The van der Waals surface area contributed by atoms with Gasteiger partial charge in [0, 0.05) is 11.8 Å². The third-order valence-corrected chi connectivity index (χ3v) is 4.61. The van der Waals surface area contributed by atoms with Gasteiger partial charge in [-0.25, -0.2) is 0 Å². The van der Waals surface area contributed by atoms with Crippen molar-refractivity contribution < 1.29 is 29.2 Å². The van der Waals surface area contributed by atoms with Gasteiger partial charge in [0.2, 0.25) is 0 Å². The van der Waals surface area contributed by atoms with E-state index in [1.54, 1.807) is 0 Å². The highest BCUT2D eigenvalue weighted by Crippen LogP contribution is 2.34. The average molecular weight is 352 g/mol. The smallest absolute Gasteiger partial charge is 0.302 e. The molecular weight excluding hydrogens is 332 g/mol. The third-order valence-electron chi connectivity index (χ3n) is 3.45. The first kappa shape index (κ1) is 18.8. The molecule has 0 spiro atoms. The monoisotopic (exact) mass is 352 g/mol. The lowest BCUT2D eigenvalue weighted by molar-refractivity contribution is -0.220. The summed E-state index contributed by atoms with van der Waals surface area (Å²) in [5.41, 5.74) is -0.695. The van der Waals surface area contributed by atoms with Gasteiger partial charge in [-0.2, -0.15) is 0 Å². The van der Waals surface area contributed by atoms with Gasteiger partial charge >= 0.3 is 5.97 Å². The van der Waals surface area contributed by atoms with Crippen LogP contribution in [0.2, 0.25) is 0 Å². The number of hydrogen-bond donors (Lipinski definition) is 2. The molecule has 0 radical (unpaired) electrons. The standard InChI is InChI=1S/C17H20O6S/c1-3-9-21-16-14(19)13(10-22-11(2)18)23-17(15(16)20)24-12-7-5-4-6-8-12/h1,4-8,13-17,19-20H,9-10H2,2H3/t13?,14-,15-,16?,17-/m0/s1. The lowest BCUT2D eigenvalue weighted by Gasteiger charge is -2.41. The molecule has 7 heteroatoms. The Morgan fingerprint density at radius 3 is 2.67 bits per heavy atom. The Hall–Kier alpha value is -1.56. The summed E-state index contributed by atoms with van der Waals surface area (Å²) in [7, 11) is 0. The predicted octanol–water partition coefficient (Wildman–Crippen LogP) is 0.807. The van der Waals surface area contributed by atoms with E-state index in [4.69, 9.17) is 20.6 Å². The van der Waals surface area contributed by atoms with Crippen molar-refractivity contribution in [3.8, 4) is 12.3 Å². The number of carbonyl (C=O) groups excluding carboxylic acids is 1. The van der Waals surface area contributed by atoms with Gasteiger partial charge in [-0.3, -0.25) is 4.79 Å². The second-order valence-electron chi connectivity index (χ2n) is 5.24. The summed E-state index contributed by atoms with van der Waals surface area (Å²) in [5.74, 6) is 1.83. The van der Waals surface area contributed by atoms with Crippen molar-refractivity contribution in [3.05, 3.63) is 30.3 Å². The molecule has 0 bridgehead atoms. The maximum atomic E-state index is 11.0. The molecule has 24 heavy (non-hydrogen) atoms. The normalized spacial score (nSPS) is 29.7. The van der Waals surface area contributed by atoms with Crippen LogP contribution >= 0.6 is 11.8 Å². The van der Waals surface area contributed by atoms with Gasteiger partial charge in [0.15, 0.2) is 0 Å². The van der Waals surface area contributed by atoms with Crippen LogP contribution in [0.3, 0.4) is 0 Å². The minimum Gasteiger partial charge on any atom is -0.463 e. The molecule has 2 N–H and O–H groups in total. The first-order chi connectivity index (χ1) is 11.5. The van der Waals surface area contributed by atoms with Gasteiger partial charge in [0.05, 0.1) is 0 Å². The molecule has 1 aliphatic rings. The van der Waals surface area contributed by atoms with Crippen molar-refractivity contribution in [2.75, 3.05) is 13.2 Å². The van der Waals surface area contributed by atoms with Crippen LogP contribution in [-0.4, -0.2) is 59.2 Å². The van der Waals surface area contributed by atoms with Crippen LogP contribution in [0.4, 0.5) is 0 Å². The summed E-state index contributed by atoms with van der Waals surface area (Å²) < 4.78 is 16.0. The second-order valence-corrected chi connectivity index (χ2v) is 6.41. The number of esters is 1. The molecule has 1 heterocycles. The van der Waals surface area contributed by atoms with E-state index in [0.717, 1.165) is 4.90 Å². The van der Waals surface area contributed by atoms with Gasteiger partial charge in [0.25, 0.3) is 0 Å². The maximum absolute atomic E-state index is 11.0. The van der Waals surface area contributed by atoms with E-state index in [1.165, 1.54) is 18.7 Å². The first-order valence-electron chi connectivity index (χ1n) is 7.44. The molecule has 1 aromatic rings. The number of aliphatic hydroxyl groups excluding tert-OH is 2. The average Bonchev–Trinajstić information content (AvgIpc) is 2.57. The Kier molecular flexibility index (Phi) is 7.09. The number of ether oxygens (including phenoxy) is 3. The topological polar surface area (TPSA) is 85.2 Å². The second kappa shape index (κ2) is 9.06. The molecule has 130 valence electrons. The zero-order chi connectivity index (χ0) is 17.5. The van der Waals surface area contributed by atoms with Gasteiger partial charge < -0.3 is 24.4 Å². The van der Waals surface area contributed by atoms with Crippen molar-refractivity contribution in [1.29, 1.82) is 0 Å². The van der Waals surface area contributed by atoms with Crippen LogP contribution in [0.15, 0.2) is 35.2 Å². The fourth-order valence-electron chi connectivity index (χ4n) is 2.31. The highest BCUT2D eigenvalue weighted by atomic mass is 32.2. The molecule has 6 nitrogen and oxygen atoms in total. The minimum absolute atomic E-state index is 0.0538. The number of aliphatic hydroxyl groups is 2. The van der Waals surface area contributed by atoms with E-state index < -0.39 is 35.8 Å². The van der Waals surface area contributed by atoms with Crippen molar-refractivity contribution in [2.24, 2.45) is 0 Å². The van der Waals surface area contributed by atoms with E-state index in [9.17, 15) is 15.0 Å². The van der Waals surface area contributed by atoms with Crippen molar-refractivity contribution in [2.45, 2.75) is 41.7 Å². The molecular formula is C17H20O6S. The number of rotatable bonds is 6. The fraction of sp³-hybridized carbons (Fsp3) is 0.471. The van der Waals surface area contributed by atoms with E-state index in [1.807, 2.05) is 30.3 Å². The molecule has 1 aromatic carbocycles. The van der Waals surface area contributed by atoms with E-state index in [2.05, 4.69) is 5.92 Å². The number of terminal acetylenes is 1. The Morgan fingerprint density at radius 2 is 2.04 bits per heavy atom. The van der Waals surface area contributed by atoms with Crippen molar-refractivity contribution >= 4 is 17.7 Å². The molecule has 0 aromatic heterocycles. The zero-order valence-electron chi connectivity index (χ0n) is 13.2. The first-order valence-corrected chi connectivity index (χ1v) is 8.32. The lowest BCUT2D eigenvalue weighted by atomic mass is 10.00. The minimum atomic E-state index is -1.17. The summed E-state index contributed by atoms with van der Waals surface area (Å²) >= 11 is 1.29. The van der Waals surface area contributed by atoms with Crippen molar-refractivity contribution in [3.63, 3.8) is 0 Å². The molecule has 2 rings (SSSR count). The molecule has 0 amide bonds. The summed E-state index contributed by atoms with van der Waals surface area (Å²) in [6.45, 7) is 1.08. The highest BCUT2D eigenvalue weighted by Gasteiger charge is 2.46. The molecule has 5 atom stereocenters. The van der Waals surface area contributed by atoms with Crippen LogP contribution < -0.4 is 0 Å². The Bertz CT molecular complexity index is 572. The summed E-state index contributed by atoms with van der Waals surface area (Å²) in [6, 6.07) is 9.38. The predicted molar refractivity (Wildman–Crippen MR) is 88.2 cm³/mol. The molecule has 0 aliphatic carbocycles. The SMILES string of the molecule is C#CCOC1[C@@H](O)C(COC(C)=O)O[C@@H](Sc2ccccc2)[C@H]1O. The Morgan fingerprint density at radius 1 is 1.33 bits per heavy atom. The number of thioether (sulfide) groups is 1. The van der Waals surface area contributed by atoms with Gasteiger partial charge in [0.1, 0.15) is 43.1 Å². The van der Waals surface area contributed by atoms with Gasteiger partial charge in [-0.15, -0.1) is 6.42 Å². The Balaban J connectivity index is 2.12. The van der Waals surface area contributed by atoms with Crippen molar-refractivity contribution in [1.82, 2.24) is 0 Å². The van der Waals surface area contributed by atoms with E-state index in [0.29, 0.717) is 0 Å². The maximum Gasteiger partial charge on any atom is 0.302 e. The fourth-order valence-corrected chi connectivity index (χ4v) is 3.39. The molecule has 1 saturated heterocycles. The largest absolute Gasteiger partial charge is 0.463 e. The molecule has 1 fully saturated rings. The van der Waals surface area contributed by atoms with Crippen LogP contribution in [-0.2, 0) is 19.0 Å². The molecule has 2 unspecified atom stereocenters. The van der Waals surface area contributed by atoms with E-state index >= 15 is 0 Å². The summed E-state index contributed by atoms with van der Waals surface area (Å²) in [6.07, 6.45) is 1.17. The zero-order valence-corrected chi connectivity index (χ0v) is 14.0. The van der Waals surface area contributed by atoms with Crippen LogP contribution in [0.5, 0.6) is 0 Å². The molecule has 0 saturated carbocycles. The quantitative estimate of drug-likeness (QED) is 0.579. The molecule has 1 aliphatic heterocycles. The lowest BCUT2D eigenvalue weighted by Crippen LogP contribution is -2.58. The van der Waals surface area contributed by atoms with Gasteiger partial charge in [-0.1, -0.05) is 35.9 Å². The Labute approximate surface area is 145 Å². The summed E-state index contributed by atoms with van der Waals surface area (Å²) in [5, 5.41) is 20.8. The van der Waals surface area contributed by atoms with Crippen LogP contribution in [0.25, 0.3) is 0 Å². The number of carbonyl (C=O) groups is 1. The number of benzene rings is 1. The van der Waals surface area contributed by atoms with E-state index in [-0.39, 0.29) is 13.2 Å². The highest BCUT2D eigenvalue weighted by molar-refractivity contribution is 7.99. The third kappa shape index (κ3) is 4.97. The van der Waals surface area contributed by atoms with Gasteiger partial charge in [-0.05, 0) is 12.1 Å². The van der Waals surface area contributed by atoms with Crippen LogP contribution in [0.1, 0.15) is 6.92 Å². The summed E-state index contributed by atoms with van der Waals surface area (Å²) in [4.78, 5) is 11.9. The van der Waals surface area contributed by atoms with Crippen LogP contribution in [0, 0.1) is 12.3 Å².